The number of hydrogen-bond acceptors (Lipinski definition) is 1. The first-order chi connectivity index (χ1) is 11.5. The van der Waals surface area contributed by atoms with Gasteiger partial charge in [-0.15, -0.1) is 11.8 Å². The van der Waals surface area contributed by atoms with E-state index in [-0.39, 0.29) is 11.3 Å². The molecule has 1 atom stereocenters. The first-order valence-corrected chi connectivity index (χ1v) is 9.47. The van der Waals surface area contributed by atoms with Gasteiger partial charge in [-0.3, -0.25) is 0 Å². The minimum Gasteiger partial charge on any atom is -0.121 e. The summed E-state index contributed by atoms with van der Waals surface area (Å²) >= 11 is 1.93. The molecule has 0 radical (unpaired) electrons. The van der Waals surface area contributed by atoms with Gasteiger partial charge in [0.1, 0.15) is 0 Å². The molecule has 2 aromatic rings. The second kappa shape index (κ2) is 6.91. The smallest absolute Gasteiger partial charge is 0.0716 e. The average molecular weight is 333 g/mol. The third kappa shape index (κ3) is 3.60. The lowest BCUT2D eigenvalue weighted by atomic mass is 9.85. The molecule has 3 rings (SSSR count). The van der Waals surface area contributed by atoms with Crippen molar-refractivity contribution in [2.45, 2.75) is 44.3 Å². The zero-order valence-corrected chi connectivity index (χ0v) is 15.7. The van der Waals surface area contributed by atoms with Crippen molar-refractivity contribution < 1.29 is 0 Å². The molecule has 1 aliphatic rings. The van der Waals surface area contributed by atoms with Gasteiger partial charge in [0.25, 0.3) is 0 Å². The van der Waals surface area contributed by atoms with E-state index in [9.17, 15) is 0 Å². The highest BCUT2D eigenvalue weighted by Gasteiger charge is 2.24. The summed E-state index contributed by atoms with van der Waals surface area (Å²) in [6.07, 6.45) is 4.33. The van der Waals surface area contributed by atoms with E-state index in [0.29, 0.717) is 0 Å². The highest BCUT2D eigenvalue weighted by atomic mass is 32.2. The SMILES string of the molecule is C/C=C/c1cccc2c1CSc1ccccc1[C@H]2C#CC(C)(C)C. The number of fused-ring (bicyclic) bond motifs is 2. The van der Waals surface area contributed by atoms with E-state index in [0.717, 1.165) is 5.75 Å². The Morgan fingerprint density at radius 3 is 2.54 bits per heavy atom. The minimum atomic E-state index is 0.00941. The lowest BCUT2D eigenvalue weighted by Gasteiger charge is -2.17. The lowest BCUT2D eigenvalue weighted by molar-refractivity contribution is 0.570. The maximum atomic E-state index is 3.60. The third-order valence-electron chi connectivity index (χ3n) is 4.10. The van der Waals surface area contributed by atoms with Gasteiger partial charge in [0.15, 0.2) is 0 Å². The standard InChI is InChI=1S/C23H24S/c1-5-9-17-10-8-12-18-19(14-15-23(2,3)4)20-11-6-7-13-22(20)24-16-21(17)18/h5-13,19H,16H2,1-4H3/b9-5+/t19-/m0/s1. The van der Waals surface area contributed by atoms with Crippen LogP contribution in [0.5, 0.6) is 0 Å². The number of thioether (sulfide) groups is 1. The summed E-state index contributed by atoms with van der Waals surface area (Å²) in [6, 6.07) is 15.4. The molecular weight excluding hydrogens is 308 g/mol. The van der Waals surface area contributed by atoms with E-state index in [2.05, 4.69) is 94.2 Å². The van der Waals surface area contributed by atoms with Crippen molar-refractivity contribution in [3.63, 3.8) is 0 Å². The monoisotopic (exact) mass is 332 g/mol. The zero-order chi connectivity index (χ0) is 17.2. The van der Waals surface area contributed by atoms with Crippen molar-refractivity contribution in [3.8, 4) is 11.8 Å². The molecule has 1 aliphatic heterocycles. The first-order valence-electron chi connectivity index (χ1n) is 8.48. The molecule has 0 unspecified atom stereocenters. The zero-order valence-electron chi connectivity index (χ0n) is 14.9. The summed E-state index contributed by atoms with van der Waals surface area (Å²) in [5.41, 5.74) is 5.45. The van der Waals surface area contributed by atoms with Gasteiger partial charge in [0, 0.05) is 16.1 Å². The molecule has 0 saturated carbocycles. The molecule has 0 fully saturated rings. The van der Waals surface area contributed by atoms with Crippen molar-refractivity contribution >= 4 is 17.8 Å². The molecule has 24 heavy (non-hydrogen) atoms. The summed E-state index contributed by atoms with van der Waals surface area (Å²) in [5, 5.41) is 0. The summed E-state index contributed by atoms with van der Waals surface area (Å²) in [7, 11) is 0. The van der Waals surface area contributed by atoms with Crippen LogP contribution >= 0.6 is 11.8 Å². The predicted molar refractivity (Wildman–Crippen MR) is 106 cm³/mol. The Kier molecular flexibility index (Phi) is 4.88. The highest BCUT2D eigenvalue weighted by molar-refractivity contribution is 7.98. The van der Waals surface area contributed by atoms with Gasteiger partial charge in [-0.25, -0.2) is 0 Å². The predicted octanol–water partition coefficient (Wildman–Crippen LogP) is 6.51. The number of rotatable bonds is 1. The van der Waals surface area contributed by atoms with Crippen LogP contribution < -0.4 is 0 Å². The van der Waals surface area contributed by atoms with Gasteiger partial charge in [0.2, 0.25) is 0 Å². The minimum absolute atomic E-state index is 0.00941. The van der Waals surface area contributed by atoms with Crippen molar-refractivity contribution in [1.29, 1.82) is 0 Å². The highest BCUT2D eigenvalue weighted by Crippen LogP contribution is 2.41. The van der Waals surface area contributed by atoms with Crippen molar-refractivity contribution in [1.82, 2.24) is 0 Å². The maximum absolute atomic E-state index is 3.60. The van der Waals surface area contributed by atoms with Gasteiger partial charge in [-0.1, -0.05) is 60.4 Å². The molecule has 0 aromatic heterocycles. The molecule has 0 spiro atoms. The van der Waals surface area contributed by atoms with Crippen molar-refractivity contribution in [2.75, 3.05) is 0 Å². The van der Waals surface area contributed by atoms with Gasteiger partial charge < -0.3 is 0 Å². The Hall–Kier alpha value is -1.91. The van der Waals surface area contributed by atoms with E-state index in [1.807, 2.05) is 11.8 Å². The van der Waals surface area contributed by atoms with E-state index >= 15 is 0 Å². The van der Waals surface area contributed by atoms with Crippen molar-refractivity contribution in [2.24, 2.45) is 5.41 Å². The second-order valence-electron chi connectivity index (χ2n) is 7.19. The fourth-order valence-corrected chi connectivity index (χ4v) is 4.17. The van der Waals surface area contributed by atoms with Crippen LogP contribution in [0.25, 0.3) is 6.08 Å². The van der Waals surface area contributed by atoms with Crippen LogP contribution in [-0.4, -0.2) is 0 Å². The van der Waals surface area contributed by atoms with E-state index in [4.69, 9.17) is 0 Å². The normalized spacial score (nSPS) is 16.8. The third-order valence-corrected chi connectivity index (χ3v) is 5.22. The molecule has 0 saturated heterocycles. The van der Waals surface area contributed by atoms with E-state index < -0.39 is 0 Å². The molecule has 1 heteroatoms. The Morgan fingerprint density at radius 2 is 1.79 bits per heavy atom. The Balaban J connectivity index is 2.22. The quantitative estimate of drug-likeness (QED) is 0.537. The Morgan fingerprint density at radius 1 is 1.04 bits per heavy atom. The summed E-state index contributed by atoms with van der Waals surface area (Å²) in [6.45, 7) is 8.60. The van der Waals surface area contributed by atoms with E-state index in [1.54, 1.807) is 0 Å². The van der Waals surface area contributed by atoms with Crippen LogP contribution in [0.3, 0.4) is 0 Å². The molecule has 0 amide bonds. The Labute approximate surface area is 150 Å². The van der Waals surface area contributed by atoms with Gasteiger partial charge >= 0.3 is 0 Å². The molecule has 2 aromatic carbocycles. The number of benzene rings is 2. The van der Waals surface area contributed by atoms with Crippen LogP contribution in [0.4, 0.5) is 0 Å². The summed E-state index contributed by atoms with van der Waals surface area (Å²) in [5.74, 6) is 8.22. The summed E-state index contributed by atoms with van der Waals surface area (Å²) < 4.78 is 0. The van der Waals surface area contributed by atoms with Crippen LogP contribution in [0, 0.1) is 17.3 Å². The average Bonchev–Trinajstić information content (AvgIpc) is 2.70. The Bertz CT molecular complexity index is 825. The van der Waals surface area contributed by atoms with Gasteiger partial charge in [-0.2, -0.15) is 0 Å². The van der Waals surface area contributed by atoms with Crippen LogP contribution in [-0.2, 0) is 5.75 Å². The molecular formula is C23H24S. The lowest BCUT2D eigenvalue weighted by Crippen LogP contribution is -2.05. The topological polar surface area (TPSA) is 0 Å². The van der Waals surface area contributed by atoms with Gasteiger partial charge in [-0.05, 0) is 56.0 Å². The number of allylic oxidation sites excluding steroid dienone is 1. The van der Waals surface area contributed by atoms with Gasteiger partial charge in [0.05, 0.1) is 5.92 Å². The van der Waals surface area contributed by atoms with E-state index in [1.165, 1.54) is 27.1 Å². The van der Waals surface area contributed by atoms with Crippen LogP contribution in [0.1, 0.15) is 55.9 Å². The van der Waals surface area contributed by atoms with Crippen molar-refractivity contribution in [3.05, 3.63) is 70.8 Å². The fourth-order valence-electron chi connectivity index (χ4n) is 3.01. The summed E-state index contributed by atoms with van der Waals surface area (Å²) in [4.78, 5) is 1.35. The first kappa shape index (κ1) is 16.9. The number of hydrogen-bond donors (Lipinski definition) is 0. The largest absolute Gasteiger partial charge is 0.121 e. The molecule has 0 N–H and O–H groups in total. The van der Waals surface area contributed by atoms with Crippen LogP contribution in [0.15, 0.2) is 53.4 Å². The molecule has 0 aliphatic carbocycles. The fraction of sp³-hybridized carbons (Fsp3) is 0.304. The van der Waals surface area contributed by atoms with Crippen LogP contribution in [0.2, 0.25) is 0 Å². The maximum Gasteiger partial charge on any atom is 0.0716 e. The molecule has 1 heterocycles. The molecule has 122 valence electrons. The molecule has 0 nitrogen and oxygen atoms in total. The molecule has 0 bridgehead atoms. The second-order valence-corrected chi connectivity index (χ2v) is 8.21.